The Morgan fingerprint density at radius 2 is 2.00 bits per heavy atom. The van der Waals surface area contributed by atoms with Crippen LogP contribution in [-0.4, -0.2) is 14.5 Å². The Kier molecular flexibility index (Phi) is 3.28. The maximum absolute atomic E-state index is 9.37. The van der Waals surface area contributed by atoms with Crippen LogP contribution < -0.4 is 5.73 Å². The molecule has 3 aromatic rings. The van der Waals surface area contributed by atoms with Crippen LogP contribution in [0.3, 0.4) is 0 Å². The van der Waals surface area contributed by atoms with Crippen molar-refractivity contribution in [1.82, 2.24) is 14.5 Å². The lowest BCUT2D eigenvalue weighted by Crippen LogP contribution is -2.04. The summed E-state index contributed by atoms with van der Waals surface area (Å²) in [6.07, 6.45) is 2.32. The van der Waals surface area contributed by atoms with Gasteiger partial charge in [-0.05, 0) is 18.9 Å². The van der Waals surface area contributed by atoms with E-state index in [1.807, 2.05) is 29.7 Å². The van der Waals surface area contributed by atoms with E-state index in [0.29, 0.717) is 16.8 Å². The summed E-state index contributed by atoms with van der Waals surface area (Å²) < 4.78 is 2.04. The van der Waals surface area contributed by atoms with Crippen LogP contribution in [0.1, 0.15) is 16.8 Å². The van der Waals surface area contributed by atoms with Crippen molar-refractivity contribution in [2.45, 2.75) is 19.9 Å². The number of nitrogen functional groups attached to an aromatic ring is 1. The molecular formula is C16H15N5. The number of aromatic nitrogens is 3. The molecule has 0 saturated heterocycles. The maximum atomic E-state index is 9.37. The van der Waals surface area contributed by atoms with Gasteiger partial charge < -0.3 is 10.3 Å². The van der Waals surface area contributed by atoms with Gasteiger partial charge in [0.15, 0.2) is 0 Å². The van der Waals surface area contributed by atoms with Crippen LogP contribution in [0.15, 0.2) is 36.7 Å². The molecule has 104 valence electrons. The summed E-state index contributed by atoms with van der Waals surface area (Å²) in [5, 5.41) is 10.0. The van der Waals surface area contributed by atoms with E-state index in [9.17, 15) is 5.26 Å². The summed E-state index contributed by atoms with van der Waals surface area (Å²) in [7, 11) is 0. The van der Waals surface area contributed by atoms with Crippen molar-refractivity contribution in [3.63, 3.8) is 0 Å². The van der Waals surface area contributed by atoms with Gasteiger partial charge in [0.05, 0.1) is 10.9 Å². The van der Waals surface area contributed by atoms with Crippen molar-refractivity contribution in [3.05, 3.63) is 53.5 Å². The van der Waals surface area contributed by atoms with Crippen LogP contribution >= 0.6 is 0 Å². The molecule has 0 spiro atoms. The number of anilines is 1. The molecule has 0 unspecified atom stereocenters. The molecule has 0 bridgehead atoms. The number of benzene rings is 1. The topological polar surface area (TPSA) is 80.5 Å². The van der Waals surface area contributed by atoms with Crippen LogP contribution in [0, 0.1) is 18.3 Å². The smallest absolute Gasteiger partial charge is 0.147 e. The molecule has 5 heteroatoms. The van der Waals surface area contributed by atoms with Crippen molar-refractivity contribution in [3.8, 4) is 6.07 Å². The number of nitriles is 1. The third-order valence-corrected chi connectivity index (χ3v) is 3.71. The molecule has 0 fully saturated rings. The van der Waals surface area contributed by atoms with E-state index in [-0.39, 0.29) is 0 Å². The SMILES string of the molecule is Cc1c(C#N)c2c(N)ncnc2n1CCc1ccccc1. The lowest BCUT2D eigenvalue weighted by atomic mass is 10.1. The van der Waals surface area contributed by atoms with E-state index in [2.05, 4.69) is 28.2 Å². The molecule has 0 aliphatic heterocycles. The van der Waals surface area contributed by atoms with E-state index < -0.39 is 0 Å². The predicted octanol–water partition coefficient (Wildman–Crippen LogP) is 2.44. The molecule has 0 amide bonds. The molecule has 21 heavy (non-hydrogen) atoms. The minimum atomic E-state index is 0.359. The van der Waals surface area contributed by atoms with E-state index in [0.717, 1.165) is 24.3 Å². The molecule has 0 saturated carbocycles. The summed E-state index contributed by atoms with van der Waals surface area (Å²) in [4.78, 5) is 8.30. The second kappa shape index (κ2) is 5.25. The normalized spacial score (nSPS) is 10.7. The number of hydrogen-bond donors (Lipinski definition) is 1. The quantitative estimate of drug-likeness (QED) is 0.797. The monoisotopic (exact) mass is 277 g/mol. The minimum Gasteiger partial charge on any atom is -0.383 e. The van der Waals surface area contributed by atoms with Crippen molar-refractivity contribution < 1.29 is 0 Å². The van der Waals surface area contributed by atoms with Gasteiger partial charge in [0.25, 0.3) is 0 Å². The third-order valence-electron chi connectivity index (χ3n) is 3.71. The molecular weight excluding hydrogens is 262 g/mol. The predicted molar refractivity (Wildman–Crippen MR) is 81.5 cm³/mol. The molecule has 0 aliphatic carbocycles. The average molecular weight is 277 g/mol. The lowest BCUT2D eigenvalue weighted by Gasteiger charge is -2.07. The van der Waals surface area contributed by atoms with E-state index in [1.165, 1.54) is 11.9 Å². The Morgan fingerprint density at radius 1 is 1.24 bits per heavy atom. The summed E-state index contributed by atoms with van der Waals surface area (Å²) >= 11 is 0. The van der Waals surface area contributed by atoms with Gasteiger partial charge in [0.2, 0.25) is 0 Å². The van der Waals surface area contributed by atoms with Gasteiger partial charge in [-0.15, -0.1) is 0 Å². The van der Waals surface area contributed by atoms with E-state index >= 15 is 0 Å². The first-order valence-electron chi connectivity index (χ1n) is 6.75. The van der Waals surface area contributed by atoms with Crippen LogP contribution in [0.4, 0.5) is 5.82 Å². The van der Waals surface area contributed by atoms with Crippen molar-refractivity contribution in [2.75, 3.05) is 5.73 Å². The number of rotatable bonds is 3. The summed E-state index contributed by atoms with van der Waals surface area (Å²) in [5.74, 6) is 0.359. The first-order valence-corrected chi connectivity index (χ1v) is 6.75. The van der Waals surface area contributed by atoms with Crippen LogP contribution in [0.5, 0.6) is 0 Å². The number of nitrogens with zero attached hydrogens (tertiary/aromatic N) is 4. The minimum absolute atomic E-state index is 0.359. The van der Waals surface area contributed by atoms with Crippen molar-refractivity contribution in [1.29, 1.82) is 5.26 Å². The van der Waals surface area contributed by atoms with E-state index in [4.69, 9.17) is 5.73 Å². The second-order valence-corrected chi connectivity index (χ2v) is 4.92. The molecule has 1 aromatic carbocycles. The van der Waals surface area contributed by atoms with Crippen LogP contribution in [0.2, 0.25) is 0 Å². The van der Waals surface area contributed by atoms with Crippen LogP contribution in [0.25, 0.3) is 11.0 Å². The largest absolute Gasteiger partial charge is 0.383 e. The Morgan fingerprint density at radius 3 is 2.71 bits per heavy atom. The van der Waals surface area contributed by atoms with Gasteiger partial charge in [0.1, 0.15) is 23.9 Å². The fraction of sp³-hybridized carbons (Fsp3) is 0.188. The van der Waals surface area contributed by atoms with Gasteiger partial charge in [-0.25, -0.2) is 9.97 Å². The molecule has 2 heterocycles. The highest BCUT2D eigenvalue weighted by molar-refractivity contribution is 5.93. The highest BCUT2D eigenvalue weighted by atomic mass is 15.1. The van der Waals surface area contributed by atoms with Crippen molar-refractivity contribution >= 4 is 16.9 Å². The van der Waals surface area contributed by atoms with Gasteiger partial charge in [0, 0.05) is 12.2 Å². The number of nitrogens with two attached hydrogens (primary N) is 1. The highest BCUT2D eigenvalue weighted by Crippen LogP contribution is 2.27. The Bertz CT molecular complexity index is 827. The van der Waals surface area contributed by atoms with Gasteiger partial charge in [-0.2, -0.15) is 5.26 Å². The Labute approximate surface area is 122 Å². The maximum Gasteiger partial charge on any atom is 0.147 e. The molecule has 2 N–H and O–H groups in total. The standard InChI is InChI=1S/C16H15N5/c1-11-13(9-17)14-15(18)19-10-20-16(14)21(11)8-7-12-5-3-2-4-6-12/h2-6,10H,7-8H2,1H3,(H2,18,19,20). The number of hydrogen-bond acceptors (Lipinski definition) is 4. The zero-order valence-corrected chi connectivity index (χ0v) is 11.7. The highest BCUT2D eigenvalue weighted by Gasteiger charge is 2.17. The van der Waals surface area contributed by atoms with Crippen molar-refractivity contribution in [2.24, 2.45) is 0 Å². The molecule has 5 nitrogen and oxygen atoms in total. The van der Waals surface area contributed by atoms with E-state index in [1.54, 1.807) is 0 Å². The fourth-order valence-corrected chi connectivity index (χ4v) is 2.60. The molecule has 0 atom stereocenters. The Hall–Kier alpha value is -2.87. The number of aryl methyl sites for hydroxylation is 2. The number of fused-ring (bicyclic) bond motifs is 1. The zero-order chi connectivity index (χ0) is 14.8. The first-order chi connectivity index (χ1) is 10.2. The summed E-state index contributed by atoms with van der Waals surface area (Å²) in [5.41, 5.74) is 9.34. The fourth-order valence-electron chi connectivity index (χ4n) is 2.60. The second-order valence-electron chi connectivity index (χ2n) is 4.92. The molecule has 3 rings (SSSR count). The summed E-state index contributed by atoms with van der Waals surface area (Å²) in [6, 6.07) is 12.5. The Balaban J connectivity index is 2.05. The first kappa shape index (κ1) is 13.1. The van der Waals surface area contributed by atoms with Gasteiger partial charge in [-0.3, -0.25) is 0 Å². The third kappa shape index (κ3) is 2.21. The average Bonchev–Trinajstić information content (AvgIpc) is 2.79. The summed E-state index contributed by atoms with van der Waals surface area (Å²) in [6.45, 7) is 2.68. The van der Waals surface area contributed by atoms with Gasteiger partial charge in [-0.1, -0.05) is 30.3 Å². The van der Waals surface area contributed by atoms with Crippen LogP contribution in [-0.2, 0) is 13.0 Å². The zero-order valence-electron chi connectivity index (χ0n) is 11.7. The molecule has 0 aliphatic rings. The molecule has 2 aromatic heterocycles. The lowest BCUT2D eigenvalue weighted by molar-refractivity contribution is 0.695. The van der Waals surface area contributed by atoms with Gasteiger partial charge >= 0.3 is 0 Å². The molecule has 0 radical (unpaired) electrons.